The zero-order chi connectivity index (χ0) is 22.8. The third-order valence-corrected chi connectivity index (χ3v) is 5.54. The maximum atomic E-state index is 12.7. The first kappa shape index (κ1) is 22.3. The van der Waals surface area contributed by atoms with Crippen molar-refractivity contribution in [2.24, 2.45) is 4.99 Å². The van der Waals surface area contributed by atoms with E-state index in [-0.39, 0.29) is 27.9 Å². The lowest BCUT2D eigenvalue weighted by Crippen LogP contribution is -2.10. The Balaban J connectivity index is 1.67. The molecule has 32 heavy (non-hydrogen) atoms. The molecule has 0 spiro atoms. The van der Waals surface area contributed by atoms with E-state index in [2.05, 4.69) is 20.9 Å². The number of carbonyl (C=O) groups excluding carboxylic acids is 2. The summed E-state index contributed by atoms with van der Waals surface area (Å²) in [7, 11) is 0. The van der Waals surface area contributed by atoms with Gasteiger partial charge in [-0.1, -0.05) is 56.8 Å². The molecule has 3 aromatic carbocycles. The van der Waals surface area contributed by atoms with Gasteiger partial charge in [0.25, 0.3) is 0 Å². The molecule has 0 atom stereocenters. The molecule has 0 unspecified atom stereocenters. The van der Waals surface area contributed by atoms with E-state index >= 15 is 0 Å². The Kier molecular flexibility index (Phi) is 6.46. The maximum absolute atomic E-state index is 12.7. The predicted octanol–water partition coefficient (Wildman–Crippen LogP) is 6.63. The number of aryl methyl sites for hydroxylation is 1. The second-order valence-electron chi connectivity index (χ2n) is 6.90. The predicted molar refractivity (Wildman–Crippen MR) is 127 cm³/mol. The van der Waals surface area contributed by atoms with Gasteiger partial charge in [-0.05, 0) is 61.5 Å². The molecule has 1 aliphatic heterocycles. The van der Waals surface area contributed by atoms with Crippen LogP contribution in [0.3, 0.4) is 0 Å². The number of carbonyl (C=O) groups is 2. The number of aliphatic imine (C=N–C) groups is 1. The minimum Gasteiger partial charge on any atom is -0.422 e. The van der Waals surface area contributed by atoms with Crippen molar-refractivity contribution in [3.63, 3.8) is 0 Å². The third kappa shape index (κ3) is 4.93. The monoisotopic (exact) mass is 529 g/mol. The zero-order valence-corrected chi connectivity index (χ0v) is 19.7. The van der Waals surface area contributed by atoms with Crippen LogP contribution in [-0.4, -0.2) is 17.8 Å². The average Bonchev–Trinajstić information content (AvgIpc) is 3.10. The molecule has 0 N–H and O–H groups in total. The van der Waals surface area contributed by atoms with Gasteiger partial charge in [0, 0.05) is 20.6 Å². The topological polar surface area (TPSA) is 65.0 Å². The Morgan fingerprint density at radius 2 is 1.91 bits per heavy atom. The van der Waals surface area contributed by atoms with Crippen LogP contribution in [0.5, 0.6) is 5.75 Å². The fourth-order valence-electron chi connectivity index (χ4n) is 2.99. The number of rotatable bonds is 4. The Morgan fingerprint density at radius 1 is 1.09 bits per heavy atom. The first-order valence-electron chi connectivity index (χ1n) is 9.36. The van der Waals surface area contributed by atoms with E-state index in [1.54, 1.807) is 24.3 Å². The molecule has 3 aromatic rings. The smallest absolute Gasteiger partial charge is 0.363 e. The highest BCUT2D eigenvalue weighted by molar-refractivity contribution is 9.10. The number of nitrogens with zero attached hydrogens (tertiary/aromatic N) is 1. The Labute approximate surface area is 202 Å². The van der Waals surface area contributed by atoms with Crippen LogP contribution in [0.25, 0.3) is 6.08 Å². The van der Waals surface area contributed by atoms with Crippen LogP contribution in [0.15, 0.2) is 75.8 Å². The maximum Gasteiger partial charge on any atom is 0.363 e. The standard InChI is InChI=1S/C24H14BrCl2NO4/c1-13-3-2-4-14(9-13)22-28-20(24(30)32-22)11-15-10-16(25)5-8-21(15)31-23(29)18-7-6-17(26)12-19(18)27/h2-12H,1H3/b20-11+. The fraction of sp³-hybridized carbons (Fsp3) is 0.0417. The normalized spacial score (nSPS) is 14.3. The van der Waals surface area contributed by atoms with Gasteiger partial charge in [-0.2, -0.15) is 0 Å². The molecule has 0 aliphatic carbocycles. The van der Waals surface area contributed by atoms with Gasteiger partial charge < -0.3 is 9.47 Å². The van der Waals surface area contributed by atoms with Crippen molar-refractivity contribution in [3.8, 4) is 5.75 Å². The Hall–Kier alpha value is -2.93. The van der Waals surface area contributed by atoms with E-state index < -0.39 is 11.9 Å². The summed E-state index contributed by atoms with van der Waals surface area (Å²) in [5.74, 6) is -0.818. The van der Waals surface area contributed by atoms with E-state index in [0.717, 1.165) is 10.0 Å². The zero-order valence-electron chi connectivity index (χ0n) is 16.6. The molecule has 4 rings (SSSR count). The van der Waals surface area contributed by atoms with Crippen LogP contribution < -0.4 is 4.74 Å². The molecule has 1 aliphatic rings. The first-order valence-corrected chi connectivity index (χ1v) is 10.9. The summed E-state index contributed by atoms with van der Waals surface area (Å²) in [5.41, 5.74) is 2.42. The highest BCUT2D eigenvalue weighted by Gasteiger charge is 2.25. The van der Waals surface area contributed by atoms with Gasteiger partial charge in [-0.25, -0.2) is 14.6 Å². The van der Waals surface area contributed by atoms with Crippen LogP contribution in [0, 0.1) is 6.92 Å². The number of benzene rings is 3. The molecule has 0 radical (unpaired) electrons. The van der Waals surface area contributed by atoms with Gasteiger partial charge in [0.2, 0.25) is 5.90 Å². The summed E-state index contributed by atoms with van der Waals surface area (Å²) >= 11 is 15.4. The molecule has 0 bridgehead atoms. The molecule has 0 amide bonds. The van der Waals surface area contributed by atoms with Crippen LogP contribution in [0.1, 0.15) is 27.0 Å². The van der Waals surface area contributed by atoms with Crippen molar-refractivity contribution < 1.29 is 19.1 Å². The van der Waals surface area contributed by atoms with E-state index in [4.69, 9.17) is 32.7 Å². The summed E-state index contributed by atoms with van der Waals surface area (Å²) in [6.07, 6.45) is 1.50. The van der Waals surface area contributed by atoms with Crippen LogP contribution in [0.4, 0.5) is 0 Å². The highest BCUT2D eigenvalue weighted by atomic mass is 79.9. The molecule has 8 heteroatoms. The summed E-state index contributed by atoms with van der Waals surface area (Å²) < 4.78 is 11.6. The lowest BCUT2D eigenvalue weighted by Gasteiger charge is -2.09. The molecule has 5 nitrogen and oxygen atoms in total. The molecule has 0 fully saturated rings. The van der Waals surface area contributed by atoms with E-state index in [0.29, 0.717) is 16.1 Å². The quantitative estimate of drug-likeness (QED) is 0.216. The molecule has 1 heterocycles. The van der Waals surface area contributed by atoms with Crippen LogP contribution in [0.2, 0.25) is 10.0 Å². The molecule has 0 saturated carbocycles. The second-order valence-corrected chi connectivity index (χ2v) is 8.66. The van der Waals surface area contributed by atoms with Crippen molar-refractivity contribution in [1.82, 2.24) is 0 Å². The Morgan fingerprint density at radius 3 is 2.66 bits per heavy atom. The fourth-order valence-corrected chi connectivity index (χ4v) is 3.86. The summed E-state index contributed by atoms with van der Waals surface area (Å²) in [4.78, 5) is 29.4. The number of hydrogen-bond acceptors (Lipinski definition) is 5. The van der Waals surface area contributed by atoms with E-state index in [1.807, 2.05) is 31.2 Å². The van der Waals surface area contributed by atoms with Gasteiger partial charge in [0.05, 0.1) is 10.6 Å². The average molecular weight is 531 g/mol. The lowest BCUT2D eigenvalue weighted by molar-refractivity contribution is -0.129. The van der Waals surface area contributed by atoms with Crippen molar-refractivity contribution in [1.29, 1.82) is 0 Å². The van der Waals surface area contributed by atoms with Crippen molar-refractivity contribution in [2.45, 2.75) is 6.92 Å². The Bertz CT molecular complexity index is 1320. The minimum absolute atomic E-state index is 0.0847. The number of esters is 2. The molecular formula is C24H14BrCl2NO4. The third-order valence-electron chi connectivity index (χ3n) is 4.50. The molecule has 0 saturated heterocycles. The number of halogens is 3. The van der Waals surface area contributed by atoms with Gasteiger partial charge in [-0.15, -0.1) is 0 Å². The van der Waals surface area contributed by atoms with Gasteiger partial charge >= 0.3 is 11.9 Å². The summed E-state index contributed by atoms with van der Waals surface area (Å²) in [5, 5.41) is 0.578. The van der Waals surface area contributed by atoms with E-state index in [9.17, 15) is 9.59 Å². The number of cyclic esters (lactones) is 1. The molecule has 0 aromatic heterocycles. The summed E-state index contributed by atoms with van der Waals surface area (Å²) in [6.45, 7) is 1.94. The van der Waals surface area contributed by atoms with E-state index in [1.165, 1.54) is 18.2 Å². The minimum atomic E-state index is -0.661. The SMILES string of the molecule is Cc1cccc(C2=N/C(=C/c3cc(Br)ccc3OC(=O)c3ccc(Cl)cc3Cl)C(=O)O2)c1. The van der Waals surface area contributed by atoms with Gasteiger partial charge in [0.1, 0.15) is 5.75 Å². The number of hydrogen-bond donors (Lipinski definition) is 0. The largest absolute Gasteiger partial charge is 0.422 e. The van der Waals surface area contributed by atoms with Crippen LogP contribution in [-0.2, 0) is 9.53 Å². The second kappa shape index (κ2) is 9.28. The van der Waals surface area contributed by atoms with Crippen LogP contribution >= 0.6 is 39.1 Å². The molecule has 160 valence electrons. The summed E-state index contributed by atoms with van der Waals surface area (Å²) in [6, 6.07) is 17.0. The van der Waals surface area contributed by atoms with Crippen molar-refractivity contribution in [3.05, 3.63) is 103 Å². The van der Waals surface area contributed by atoms with Crippen molar-refractivity contribution in [2.75, 3.05) is 0 Å². The highest BCUT2D eigenvalue weighted by Crippen LogP contribution is 2.30. The number of ether oxygens (including phenoxy) is 2. The van der Waals surface area contributed by atoms with Gasteiger partial charge in [0.15, 0.2) is 5.70 Å². The first-order chi connectivity index (χ1) is 15.3. The lowest BCUT2D eigenvalue weighted by atomic mass is 10.1. The molecular weight excluding hydrogens is 517 g/mol. The van der Waals surface area contributed by atoms with Crippen molar-refractivity contribution >= 4 is 63.0 Å². The van der Waals surface area contributed by atoms with Gasteiger partial charge in [-0.3, -0.25) is 0 Å².